The fraction of sp³-hybridized carbons (Fsp3) is 0.333. The van der Waals surface area contributed by atoms with Gasteiger partial charge in [-0.25, -0.2) is 4.39 Å². The largest absolute Gasteiger partial charge is 0.320 e. The van der Waals surface area contributed by atoms with Gasteiger partial charge in [-0.3, -0.25) is 0 Å². The number of nitrogens with two attached hydrogens (primary N) is 1. The summed E-state index contributed by atoms with van der Waals surface area (Å²) >= 11 is 0. The van der Waals surface area contributed by atoms with Gasteiger partial charge >= 0.3 is 0 Å². The van der Waals surface area contributed by atoms with Crippen LogP contribution in [0.15, 0.2) is 18.2 Å². The van der Waals surface area contributed by atoms with Crippen molar-refractivity contribution < 1.29 is 4.39 Å². The van der Waals surface area contributed by atoms with Gasteiger partial charge in [-0.15, -0.1) is 0 Å². The third-order valence-electron chi connectivity index (χ3n) is 1.85. The number of nitrogens with zero attached hydrogens (tertiary/aromatic N) is 1. The molecule has 0 heterocycles. The lowest BCUT2D eigenvalue weighted by Gasteiger charge is -2.09. The van der Waals surface area contributed by atoms with Crippen molar-refractivity contribution in [1.82, 2.24) is 4.90 Å². The zero-order valence-electron chi connectivity index (χ0n) is 9.05. The van der Waals surface area contributed by atoms with Gasteiger partial charge < -0.3 is 10.6 Å². The molecule has 0 aliphatic carbocycles. The monoisotopic (exact) mass is 206 g/mol. The Kier molecular flexibility index (Phi) is 4.29. The van der Waals surface area contributed by atoms with Crippen LogP contribution in [0.25, 0.3) is 0 Å². The molecule has 0 bridgehead atoms. The minimum absolute atomic E-state index is 0.247. The van der Waals surface area contributed by atoms with Crippen molar-refractivity contribution in [1.29, 1.82) is 0 Å². The quantitative estimate of drug-likeness (QED) is 0.737. The van der Waals surface area contributed by atoms with Gasteiger partial charge in [0.1, 0.15) is 5.82 Å². The molecule has 2 nitrogen and oxygen atoms in total. The number of hydrogen-bond donors (Lipinski definition) is 1. The molecule has 0 saturated heterocycles. The van der Waals surface area contributed by atoms with Gasteiger partial charge in [0.05, 0.1) is 12.1 Å². The van der Waals surface area contributed by atoms with Crippen molar-refractivity contribution in [3.05, 3.63) is 35.1 Å². The summed E-state index contributed by atoms with van der Waals surface area (Å²) < 4.78 is 13.3. The molecule has 15 heavy (non-hydrogen) atoms. The molecule has 0 atom stereocenters. The Morgan fingerprint density at radius 3 is 2.73 bits per heavy atom. The second-order valence-corrected chi connectivity index (χ2v) is 3.56. The van der Waals surface area contributed by atoms with Gasteiger partial charge in [0.2, 0.25) is 0 Å². The molecule has 0 aliphatic rings. The summed E-state index contributed by atoms with van der Waals surface area (Å²) in [6.07, 6.45) is 0. The zero-order valence-corrected chi connectivity index (χ0v) is 9.05. The van der Waals surface area contributed by atoms with Gasteiger partial charge in [0, 0.05) is 6.54 Å². The lowest BCUT2D eigenvalue weighted by Crippen LogP contribution is -2.10. The molecule has 0 saturated carbocycles. The van der Waals surface area contributed by atoms with Crippen LogP contribution in [0.3, 0.4) is 0 Å². The average molecular weight is 206 g/mol. The van der Waals surface area contributed by atoms with Gasteiger partial charge in [-0.2, -0.15) is 0 Å². The highest BCUT2D eigenvalue weighted by molar-refractivity contribution is 5.38. The normalized spacial score (nSPS) is 9.93. The molecule has 0 aliphatic heterocycles. The summed E-state index contributed by atoms with van der Waals surface area (Å²) in [7, 11) is 3.93. The van der Waals surface area contributed by atoms with E-state index in [-0.39, 0.29) is 12.4 Å². The van der Waals surface area contributed by atoms with Crippen LogP contribution in [0.4, 0.5) is 4.39 Å². The molecule has 0 fully saturated rings. The summed E-state index contributed by atoms with van der Waals surface area (Å²) in [6.45, 7) is 1.02. The Bertz CT molecular complexity index is 388. The minimum Gasteiger partial charge on any atom is -0.320 e. The Morgan fingerprint density at radius 2 is 2.13 bits per heavy atom. The summed E-state index contributed by atoms with van der Waals surface area (Å²) in [6, 6.07) is 4.97. The van der Waals surface area contributed by atoms with E-state index in [4.69, 9.17) is 5.73 Å². The standard InChI is InChI=1S/C12H15FN2/c1-15(2)9-10-5-6-12(13)11(8-10)4-3-7-14/h5-6,8H,7,9,14H2,1-2H3. The number of rotatable bonds is 2. The highest BCUT2D eigenvalue weighted by atomic mass is 19.1. The second kappa shape index (κ2) is 5.50. The molecule has 0 spiro atoms. The van der Waals surface area contributed by atoms with Gasteiger partial charge in [0.25, 0.3) is 0 Å². The van der Waals surface area contributed by atoms with E-state index in [2.05, 4.69) is 11.8 Å². The maximum Gasteiger partial charge on any atom is 0.138 e. The fourth-order valence-electron chi connectivity index (χ4n) is 1.28. The summed E-state index contributed by atoms with van der Waals surface area (Å²) in [5, 5.41) is 0. The van der Waals surface area contributed by atoms with E-state index >= 15 is 0 Å². The smallest absolute Gasteiger partial charge is 0.138 e. The molecular formula is C12H15FN2. The van der Waals surface area contributed by atoms with Crippen molar-refractivity contribution in [3.8, 4) is 11.8 Å². The molecule has 3 heteroatoms. The van der Waals surface area contributed by atoms with Crippen LogP contribution in [0.1, 0.15) is 11.1 Å². The van der Waals surface area contributed by atoms with E-state index in [0.717, 1.165) is 12.1 Å². The summed E-state index contributed by atoms with van der Waals surface area (Å²) in [5.74, 6) is 5.07. The van der Waals surface area contributed by atoms with Crippen molar-refractivity contribution in [2.75, 3.05) is 20.6 Å². The second-order valence-electron chi connectivity index (χ2n) is 3.56. The summed E-state index contributed by atoms with van der Waals surface area (Å²) in [4.78, 5) is 2.02. The van der Waals surface area contributed by atoms with E-state index in [1.807, 2.05) is 19.0 Å². The molecule has 0 unspecified atom stereocenters. The third kappa shape index (κ3) is 3.70. The first-order valence-electron chi connectivity index (χ1n) is 4.75. The van der Waals surface area contributed by atoms with Crippen LogP contribution in [-0.4, -0.2) is 25.5 Å². The van der Waals surface area contributed by atoms with Gasteiger partial charge in [-0.05, 0) is 31.8 Å². The first-order valence-corrected chi connectivity index (χ1v) is 4.75. The lowest BCUT2D eigenvalue weighted by molar-refractivity contribution is 0.402. The third-order valence-corrected chi connectivity index (χ3v) is 1.85. The van der Waals surface area contributed by atoms with Crippen LogP contribution >= 0.6 is 0 Å². The van der Waals surface area contributed by atoms with E-state index in [9.17, 15) is 4.39 Å². The number of halogens is 1. The highest BCUT2D eigenvalue weighted by Gasteiger charge is 2.01. The first-order chi connectivity index (χ1) is 7.13. The van der Waals surface area contributed by atoms with Crippen molar-refractivity contribution in [2.45, 2.75) is 6.54 Å². The SMILES string of the molecule is CN(C)Cc1ccc(F)c(C#CCN)c1. The fourth-order valence-corrected chi connectivity index (χ4v) is 1.28. The number of hydrogen-bond acceptors (Lipinski definition) is 2. The van der Waals surface area contributed by atoms with E-state index < -0.39 is 0 Å². The maximum absolute atomic E-state index is 13.3. The summed E-state index contributed by atoms with van der Waals surface area (Å²) in [5.41, 5.74) is 6.70. The Balaban J connectivity index is 2.94. The van der Waals surface area contributed by atoms with E-state index in [1.165, 1.54) is 6.07 Å². The van der Waals surface area contributed by atoms with Crippen LogP contribution < -0.4 is 5.73 Å². The predicted octanol–water partition coefficient (Wildman–Crippen LogP) is 1.20. The maximum atomic E-state index is 13.3. The Hall–Kier alpha value is -1.37. The first kappa shape index (κ1) is 11.7. The zero-order chi connectivity index (χ0) is 11.3. The molecular weight excluding hydrogens is 191 g/mol. The molecule has 1 aromatic carbocycles. The van der Waals surface area contributed by atoms with E-state index in [0.29, 0.717) is 5.56 Å². The van der Waals surface area contributed by atoms with Crippen molar-refractivity contribution in [2.24, 2.45) is 5.73 Å². The number of benzene rings is 1. The minimum atomic E-state index is -0.293. The Labute approximate surface area is 89.9 Å². The van der Waals surface area contributed by atoms with Gasteiger partial charge in [-0.1, -0.05) is 17.9 Å². The molecule has 0 aromatic heterocycles. The molecule has 80 valence electrons. The van der Waals surface area contributed by atoms with E-state index in [1.54, 1.807) is 12.1 Å². The van der Waals surface area contributed by atoms with Crippen LogP contribution in [-0.2, 0) is 6.54 Å². The van der Waals surface area contributed by atoms with Crippen LogP contribution in [0, 0.1) is 17.7 Å². The van der Waals surface area contributed by atoms with Gasteiger partial charge in [0.15, 0.2) is 0 Å². The molecule has 0 radical (unpaired) electrons. The molecule has 0 amide bonds. The van der Waals surface area contributed by atoms with Crippen molar-refractivity contribution in [3.63, 3.8) is 0 Å². The highest BCUT2D eigenvalue weighted by Crippen LogP contribution is 2.10. The molecule has 1 rings (SSSR count). The van der Waals surface area contributed by atoms with Crippen LogP contribution in [0.2, 0.25) is 0 Å². The average Bonchev–Trinajstić information content (AvgIpc) is 2.18. The lowest BCUT2D eigenvalue weighted by atomic mass is 10.1. The van der Waals surface area contributed by atoms with Crippen LogP contribution in [0.5, 0.6) is 0 Å². The van der Waals surface area contributed by atoms with Crippen molar-refractivity contribution >= 4 is 0 Å². The predicted molar refractivity (Wildman–Crippen MR) is 59.7 cm³/mol. The Morgan fingerprint density at radius 1 is 1.40 bits per heavy atom. The molecule has 1 aromatic rings. The topological polar surface area (TPSA) is 29.3 Å². The molecule has 2 N–H and O–H groups in total.